The number of hydrogen-bond donors (Lipinski definition) is 0. The van der Waals surface area contributed by atoms with Crippen LogP contribution in [0.1, 0.15) is 28.3 Å². The topological polar surface area (TPSA) is 64.1 Å². The van der Waals surface area contributed by atoms with Gasteiger partial charge in [-0.2, -0.15) is 0 Å². The SMILES string of the molecule is [C-]#[N+]c1ccc2ncc3nc(Cc4nnc(C)s4)n([C@@H]4CCN(C)C4)c3c2c1. The average Bonchev–Trinajstić information content (AvgIpc) is 3.39. The molecule has 7 nitrogen and oxygen atoms in total. The van der Waals surface area contributed by atoms with Crippen LogP contribution in [0, 0.1) is 13.5 Å². The van der Waals surface area contributed by atoms with Gasteiger partial charge in [0.2, 0.25) is 0 Å². The van der Waals surface area contributed by atoms with Gasteiger partial charge in [-0.15, -0.1) is 21.5 Å². The maximum atomic E-state index is 7.39. The second-order valence-electron chi connectivity index (χ2n) is 7.30. The lowest BCUT2D eigenvalue weighted by atomic mass is 10.1. The minimum Gasteiger partial charge on any atom is -0.323 e. The Bertz CT molecular complexity index is 1230. The van der Waals surface area contributed by atoms with Crippen molar-refractivity contribution in [3.8, 4) is 0 Å². The molecule has 1 atom stereocenters. The van der Waals surface area contributed by atoms with Gasteiger partial charge in [-0.05, 0) is 39.1 Å². The van der Waals surface area contributed by atoms with Crippen molar-refractivity contribution in [2.24, 2.45) is 0 Å². The highest BCUT2D eigenvalue weighted by atomic mass is 32.1. The van der Waals surface area contributed by atoms with E-state index in [4.69, 9.17) is 11.6 Å². The van der Waals surface area contributed by atoms with E-state index < -0.39 is 0 Å². The molecule has 0 spiro atoms. The van der Waals surface area contributed by atoms with Crippen molar-refractivity contribution in [3.05, 3.63) is 51.7 Å². The first-order valence-electron chi connectivity index (χ1n) is 9.27. The molecular weight excluding hydrogens is 370 g/mol. The van der Waals surface area contributed by atoms with E-state index in [1.54, 1.807) is 11.3 Å². The molecule has 1 saturated heterocycles. The van der Waals surface area contributed by atoms with Crippen LogP contribution >= 0.6 is 11.3 Å². The minimum atomic E-state index is 0.348. The summed E-state index contributed by atoms with van der Waals surface area (Å²) in [5, 5.41) is 11.4. The number of nitrogens with zero attached hydrogens (tertiary/aromatic N) is 7. The molecule has 0 aliphatic carbocycles. The monoisotopic (exact) mass is 389 g/mol. The van der Waals surface area contributed by atoms with E-state index in [1.165, 1.54) is 0 Å². The normalized spacial score (nSPS) is 17.5. The lowest BCUT2D eigenvalue weighted by Gasteiger charge is -2.17. The Morgan fingerprint density at radius 1 is 1.29 bits per heavy atom. The lowest BCUT2D eigenvalue weighted by molar-refractivity contribution is 0.392. The summed E-state index contributed by atoms with van der Waals surface area (Å²) in [4.78, 5) is 15.5. The van der Waals surface area contributed by atoms with Crippen molar-refractivity contribution < 1.29 is 0 Å². The highest BCUT2D eigenvalue weighted by Crippen LogP contribution is 2.34. The highest BCUT2D eigenvalue weighted by molar-refractivity contribution is 7.11. The summed E-state index contributed by atoms with van der Waals surface area (Å²) >= 11 is 1.61. The van der Waals surface area contributed by atoms with Crippen LogP contribution in [0.2, 0.25) is 0 Å². The van der Waals surface area contributed by atoms with Crippen molar-refractivity contribution in [2.75, 3.05) is 20.1 Å². The fourth-order valence-electron chi connectivity index (χ4n) is 4.07. The van der Waals surface area contributed by atoms with Gasteiger partial charge in [-0.25, -0.2) is 9.83 Å². The third kappa shape index (κ3) is 2.84. The van der Waals surface area contributed by atoms with Gasteiger partial charge in [0.05, 0.1) is 30.2 Å². The molecule has 1 aliphatic rings. The number of rotatable bonds is 3. The summed E-state index contributed by atoms with van der Waals surface area (Å²) in [6, 6.07) is 6.03. The molecule has 28 heavy (non-hydrogen) atoms. The van der Waals surface area contributed by atoms with Gasteiger partial charge in [0, 0.05) is 18.0 Å². The van der Waals surface area contributed by atoms with Crippen LogP contribution in [0.3, 0.4) is 0 Å². The van der Waals surface area contributed by atoms with E-state index in [2.05, 4.69) is 36.5 Å². The summed E-state index contributed by atoms with van der Waals surface area (Å²) in [6.07, 6.45) is 3.58. The van der Waals surface area contributed by atoms with Crippen LogP contribution in [0.25, 0.3) is 26.8 Å². The van der Waals surface area contributed by atoms with Crippen LogP contribution in [0.15, 0.2) is 24.4 Å². The Hall–Kier alpha value is -2.89. The molecular formula is C20H19N7S. The molecule has 8 heteroatoms. The number of likely N-dealkylation sites (N-methyl/N-ethyl adjacent to an activating group) is 1. The maximum absolute atomic E-state index is 7.39. The predicted octanol–water partition coefficient (Wildman–Crippen LogP) is 3.76. The minimum absolute atomic E-state index is 0.348. The average molecular weight is 389 g/mol. The van der Waals surface area contributed by atoms with Gasteiger partial charge >= 0.3 is 0 Å². The molecule has 0 bridgehead atoms. The number of imidazole rings is 1. The Morgan fingerprint density at radius 3 is 2.89 bits per heavy atom. The number of fused-ring (bicyclic) bond motifs is 3. The molecule has 0 amide bonds. The molecule has 5 rings (SSSR count). The van der Waals surface area contributed by atoms with E-state index in [1.807, 2.05) is 31.3 Å². The fourth-order valence-corrected chi connectivity index (χ4v) is 4.77. The van der Waals surface area contributed by atoms with Gasteiger partial charge in [-0.3, -0.25) is 4.98 Å². The molecule has 4 aromatic rings. The molecule has 1 aromatic carbocycles. The summed E-state index contributed by atoms with van der Waals surface area (Å²) in [5.74, 6) is 0.994. The molecule has 4 heterocycles. The van der Waals surface area contributed by atoms with Crippen LogP contribution < -0.4 is 0 Å². The summed E-state index contributed by atoms with van der Waals surface area (Å²) in [6.45, 7) is 11.4. The quantitative estimate of drug-likeness (QED) is 0.499. The second-order valence-corrected chi connectivity index (χ2v) is 8.57. The number of likely N-dealkylation sites (tertiary alicyclic amines) is 1. The zero-order chi connectivity index (χ0) is 19.3. The van der Waals surface area contributed by atoms with Crippen molar-refractivity contribution in [1.29, 1.82) is 0 Å². The zero-order valence-corrected chi connectivity index (χ0v) is 16.6. The first-order valence-corrected chi connectivity index (χ1v) is 10.1. The van der Waals surface area contributed by atoms with E-state index in [-0.39, 0.29) is 0 Å². The summed E-state index contributed by atoms with van der Waals surface area (Å²) in [5.41, 5.74) is 3.47. The molecule has 0 unspecified atom stereocenters. The molecule has 0 N–H and O–H groups in total. The number of hydrogen-bond acceptors (Lipinski definition) is 6. The van der Waals surface area contributed by atoms with Gasteiger partial charge in [0.1, 0.15) is 21.4 Å². The molecule has 1 fully saturated rings. The maximum Gasteiger partial charge on any atom is 0.188 e. The molecule has 0 saturated carbocycles. The number of benzene rings is 1. The highest BCUT2D eigenvalue weighted by Gasteiger charge is 2.27. The van der Waals surface area contributed by atoms with Gasteiger partial charge in [0.25, 0.3) is 0 Å². The third-order valence-electron chi connectivity index (χ3n) is 5.31. The molecule has 1 aliphatic heterocycles. The van der Waals surface area contributed by atoms with Crippen molar-refractivity contribution in [1.82, 2.24) is 29.6 Å². The number of aromatic nitrogens is 5. The molecule has 140 valence electrons. The van der Waals surface area contributed by atoms with Crippen molar-refractivity contribution in [2.45, 2.75) is 25.8 Å². The lowest BCUT2D eigenvalue weighted by Crippen LogP contribution is -2.18. The number of aryl methyl sites for hydroxylation is 1. The number of pyridine rings is 1. The van der Waals surface area contributed by atoms with Crippen molar-refractivity contribution in [3.63, 3.8) is 0 Å². The predicted molar refractivity (Wildman–Crippen MR) is 110 cm³/mol. The Labute approximate surface area is 166 Å². The van der Waals surface area contributed by atoms with Gasteiger partial charge in [-0.1, -0.05) is 6.07 Å². The van der Waals surface area contributed by atoms with Crippen molar-refractivity contribution >= 4 is 39.0 Å². The fraction of sp³-hybridized carbons (Fsp3) is 0.350. The zero-order valence-electron chi connectivity index (χ0n) is 15.8. The van der Waals surface area contributed by atoms with E-state index in [9.17, 15) is 0 Å². The second kappa shape index (κ2) is 6.62. The van der Waals surface area contributed by atoms with Crippen LogP contribution in [-0.4, -0.2) is 49.8 Å². The van der Waals surface area contributed by atoms with E-state index >= 15 is 0 Å². The Balaban J connectivity index is 1.76. The van der Waals surface area contributed by atoms with E-state index in [0.29, 0.717) is 18.2 Å². The Morgan fingerprint density at radius 2 is 2.18 bits per heavy atom. The van der Waals surface area contributed by atoms with Crippen LogP contribution in [0.4, 0.5) is 5.69 Å². The largest absolute Gasteiger partial charge is 0.323 e. The smallest absolute Gasteiger partial charge is 0.188 e. The van der Waals surface area contributed by atoms with E-state index in [0.717, 1.165) is 57.3 Å². The standard InChI is InChI=1S/C20H19N7S/c1-12-24-25-19(28-12)9-18-23-17-10-22-16-5-4-13(21-2)8-15(16)20(17)27(18)14-6-7-26(3)11-14/h4-5,8,10,14H,6-7,9,11H2,1,3H3/t14-/m1/s1. The van der Waals surface area contributed by atoms with Gasteiger partial charge < -0.3 is 9.47 Å². The summed E-state index contributed by atoms with van der Waals surface area (Å²) < 4.78 is 2.37. The first-order chi connectivity index (χ1) is 13.6. The third-order valence-corrected chi connectivity index (χ3v) is 6.15. The van der Waals surface area contributed by atoms with Gasteiger partial charge in [0.15, 0.2) is 5.69 Å². The van der Waals surface area contributed by atoms with Crippen LogP contribution in [-0.2, 0) is 6.42 Å². The Kier molecular flexibility index (Phi) is 4.07. The molecule has 0 radical (unpaired) electrons. The van der Waals surface area contributed by atoms with Crippen LogP contribution in [0.5, 0.6) is 0 Å². The molecule has 3 aromatic heterocycles. The summed E-state index contributed by atoms with van der Waals surface area (Å²) in [7, 11) is 2.16. The first kappa shape index (κ1) is 17.2.